The predicted octanol–water partition coefficient (Wildman–Crippen LogP) is 0.534. The third kappa shape index (κ3) is 7.66. The molecule has 0 spiro atoms. The second kappa shape index (κ2) is 5.79. The number of hydrogen-bond donors (Lipinski definition) is 2. The van der Waals surface area contributed by atoms with Crippen LogP contribution in [-0.4, -0.2) is 24.8 Å². The van der Waals surface area contributed by atoms with Gasteiger partial charge in [-0.1, -0.05) is 11.6 Å². The highest BCUT2D eigenvalue weighted by Crippen LogP contribution is 1.84. The Morgan fingerprint density at radius 2 is 2.22 bits per heavy atom. The normalized spacial score (nSPS) is 9.22. The van der Waals surface area contributed by atoms with E-state index < -0.39 is 0 Å². The Bertz CT molecular complexity index is 84.9. The van der Waals surface area contributed by atoms with Crippen molar-refractivity contribution in [1.29, 1.82) is 0 Å². The van der Waals surface area contributed by atoms with Crippen LogP contribution in [0.1, 0.15) is 13.8 Å². The number of aliphatic hydroxyl groups excluding tert-OH is 1. The summed E-state index contributed by atoms with van der Waals surface area (Å²) >= 11 is 0. The fourth-order valence-electron chi connectivity index (χ4n) is 0.457. The molecule has 0 saturated heterocycles. The summed E-state index contributed by atoms with van der Waals surface area (Å²) in [4.78, 5) is 0. The summed E-state index contributed by atoms with van der Waals surface area (Å²) in [5.74, 6) is 0. The molecule has 0 bridgehead atoms. The van der Waals surface area contributed by atoms with Crippen LogP contribution in [0.2, 0.25) is 0 Å². The fourth-order valence-corrected chi connectivity index (χ4v) is 0.457. The van der Waals surface area contributed by atoms with Crippen molar-refractivity contribution in [1.82, 2.24) is 5.32 Å². The van der Waals surface area contributed by atoms with Gasteiger partial charge in [-0.05, 0) is 13.8 Å². The Morgan fingerprint density at radius 1 is 1.56 bits per heavy atom. The van der Waals surface area contributed by atoms with E-state index in [2.05, 4.69) is 25.2 Å². The summed E-state index contributed by atoms with van der Waals surface area (Å²) in [6.07, 6.45) is 2.09. The first-order valence-corrected chi connectivity index (χ1v) is 3.22. The van der Waals surface area contributed by atoms with Gasteiger partial charge in [0.15, 0.2) is 0 Å². The van der Waals surface area contributed by atoms with Crippen LogP contribution in [0.4, 0.5) is 0 Å². The third-order valence-corrected chi connectivity index (χ3v) is 0.943. The first-order valence-electron chi connectivity index (χ1n) is 3.22. The highest BCUT2D eigenvalue weighted by Gasteiger charge is 1.79. The van der Waals surface area contributed by atoms with Gasteiger partial charge >= 0.3 is 0 Å². The van der Waals surface area contributed by atoms with Gasteiger partial charge in [0.1, 0.15) is 0 Å². The van der Waals surface area contributed by atoms with E-state index >= 15 is 0 Å². The Labute approximate surface area is 56.6 Å². The lowest BCUT2D eigenvalue weighted by molar-refractivity contribution is 0.294. The number of allylic oxidation sites excluding steroid dienone is 1. The van der Waals surface area contributed by atoms with E-state index in [0.29, 0.717) is 6.54 Å². The monoisotopic (exact) mass is 129 g/mol. The molecule has 0 atom stereocenters. The van der Waals surface area contributed by atoms with Crippen molar-refractivity contribution in [3.63, 3.8) is 0 Å². The molecule has 54 valence electrons. The van der Waals surface area contributed by atoms with Gasteiger partial charge in [-0.3, -0.25) is 0 Å². The fraction of sp³-hybridized carbons (Fsp3) is 0.714. The summed E-state index contributed by atoms with van der Waals surface area (Å²) in [5.41, 5.74) is 1.31. The second-order valence-corrected chi connectivity index (χ2v) is 2.21. The lowest BCUT2D eigenvalue weighted by Crippen LogP contribution is -2.17. The van der Waals surface area contributed by atoms with E-state index in [4.69, 9.17) is 5.11 Å². The topological polar surface area (TPSA) is 32.3 Å². The molecule has 0 heterocycles. The maximum absolute atomic E-state index is 8.35. The molecule has 2 heteroatoms. The molecule has 0 aliphatic carbocycles. The standard InChI is InChI=1S/C7H15NO/c1-7(2)3-4-8-5-6-9/h3,8-9H,4-6H2,1-2H3. The van der Waals surface area contributed by atoms with Gasteiger partial charge in [-0.2, -0.15) is 0 Å². The average Bonchev–Trinajstić information content (AvgIpc) is 1.80. The zero-order chi connectivity index (χ0) is 7.11. The van der Waals surface area contributed by atoms with Crippen LogP contribution in [0.25, 0.3) is 0 Å². The first-order chi connectivity index (χ1) is 4.27. The van der Waals surface area contributed by atoms with Crippen LogP contribution in [0.15, 0.2) is 11.6 Å². The molecule has 2 N–H and O–H groups in total. The molecular formula is C7H15NO. The summed E-state index contributed by atoms with van der Waals surface area (Å²) in [6, 6.07) is 0. The van der Waals surface area contributed by atoms with Crippen LogP contribution in [-0.2, 0) is 0 Å². The minimum atomic E-state index is 0.219. The van der Waals surface area contributed by atoms with Gasteiger partial charge in [-0.15, -0.1) is 0 Å². The maximum Gasteiger partial charge on any atom is 0.0556 e. The van der Waals surface area contributed by atoms with Crippen molar-refractivity contribution in [2.24, 2.45) is 0 Å². The van der Waals surface area contributed by atoms with Crippen molar-refractivity contribution in [3.05, 3.63) is 11.6 Å². The Hall–Kier alpha value is -0.340. The molecule has 0 amide bonds. The molecule has 0 aliphatic rings. The average molecular weight is 129 g/mol. The molecule has 0 aromatic rings. The van der Waals surface area contributed by atoms with Crippen LogP contribution in [0.3, 0.4) is 0 Å². The molecule has 0 saturated carbocycles. The van der Waals surface area contributed by atoms with Gasteiger partial charge in [0, 0.05) is 13.1 Å². The van der Waals surface area contributed by atoms with Gasteiger partial charge in [-0.25, -0.2) is 0 Å². The molecule has 0 fully saturated rings. The first kappa shape index (κ1) is 8.66. The molecule has 0 rings (SSSR count). The number of rotatable bonds is 4. The molecule has 0 aliphatic heterocycles. The van der Waals surface area contributed by atoms with Crippen molar-refractivity contribution in [3.8, 4) is 0 Å². The van der Waals surface area contributed by atoms with E-state index in [9.17, 15) is 0 Å². The quantitative estimate of drug-likeness (QED) is 0.429. The summed E-state index contributed by atoms with van der Waals surface area (Å²) in [7, 11) is 0. The second-order valence-electron chi connectivity index (χ2n) is 2.21. The summed E-state index contributed by atoms with van der Waals surface area (Å²) in [5, 5.41) is 11.4. The Morgan fingerprint density at radius 3 is 2.67 bits per heavy atom. The van der Waals surface area contributed by atoms with Gasteiger partial charge in [0.05, 0.1) is 6.61 Å². The van der Waals surface area contributed by atoms with Gasteiger partial charge in [0.2, 0.25) is 0 Å². The minimum Gasteiger partial charge on any atom is -0.395 e. The van der Waals surface area contributed by atoms with Crippen molar-refractivity contribution in [2.45, 2.75) is 13.8 Å². The molecule has 0 unspecified atom stereocenters. The van der Waals surface area contributed by atoms with Crippen molar-refractivity contribution in [2.75, 3.05) is 19.7 Å². The number of hydrogen-bond acceptors (Lipinski definition) is 2. The molecular weight excluding hydrogens is 114 g/mol. The lowest BCUT2D eigenvalue weighted by atomic mass is 10.3. The number of nitrogens with one attached hydrogen (secondary N) is 1. The smallest absolute Gasteiger partial charge is 0.0556 e. The van der Waals surface area contributed by atoms with E-state index in [1.54, 1.807) is 0 Å². The van der Waals surface area contributed by atoms with Gasteiger partial charge < -0.3 is 10.4 Å². The van der Waals surface area contributed by atoms with E-state index in [1.165, 1.54) is 5.57 Å². The number of aliphatic hydroxyl groups is 1. The van der Waals surface area contributed by atoms with E-state index in [0.717, 1.165) is 6.54 Å². The largest absolute Gasteiger partial charge is 0.395 e. The minimum absolute atomic E-state index is 0.219. The van der Waals surface area contributed by atoms with Gasteiger partial charge in [0.25, 0.3) is 0 Å². The molecule has 0 aromatic heterocycles. The summed E-state index contributed by atoms with van der Waals surface area (Å²) in [6.45, 7) is 5.88. The zero-order valence-electron chi connectivity index (χ0n) is 6.15. The zero-order valence-corrected chi connectivity index (χ0v) is 6.15. The Kier molecular flexibility index (Phi) is 5.57. The van der Waals surface area contributed by atoms with E-state index in [-0.39, 0.29) is 6.61 Å². The maximum atomic E-state index is 8.35. The van der Waals surface area contributed by atoms with Crippen LogP contribution >= 0.6 is 0 Å². The molecule has 9 heavy (non-hydrogen) atoms. The SMILES string of the molecule is CC(C)=CCNCCO. The molecule has 2 nitrogen and oxygen atoms in total. The van der Waals surface area contributed by atoms with Crippen LogP contribution < -0.4 is 5.32 Å². The summed E-state index contributed by atoms with van der Waals surface area (Å²) < 4.78 is 0. The van der Waals surface area contributed by atoms with Crippen molar-refractivity contribution >= 4 is 0 Å². The molecule has 0 radical (unpaired) electrons. The lowest BCUT2D eigenvalue weighted by Gasteiger charge is -1.95. The van der Waals surface area contributed by atoms with Crippen molar-refractivity contribution < 1.29 is 5.11 Å². The molecule has 0 aromatic carbocycles. The van der Waals surface area contributed by atoms with E-state index in [1.807, 2.05) is 0 Å². The van der Waals surface area contributed by atoms with Crippen LogP contribution in [0, 0.1) is 0 Å². The van der Waals surface area contributed by atoms with Crippen LogP contribution in [0.5, 0.6) is 0 Å². The highest BCUT2D eigenvalue weighted by atomic mass is 16.3. The third-order valence-electron chi connectivity index (χ3n) is 0.943. The Balaban J connectivity index is 3.00. The predicted molar refractivity (Wildman–Crippen MR) is 39.4 cm³/mol. The highest BCUT2D eigenvalue weighted by molar-refractivity contribution is 4.94.